The second kappa shape index (κ2) is 9.67. The molecule has 0 aliphatic heterocycles. The van der Waals surface area contributed by atoms with Crippen LogP contribution >= 0.6 is 31.9 Å². The van der Waals surface area contributed by atoms with E-state index >= 15 is 0 Å². The zero-order valence-corrected chi connectivity index (χ0v) is 19.2. The Morgan fingerprint density at radius 3 is 1.97 bits per heavy atom. The lowest BCUT2D eigenvalue weighted by molar-refractivity contribution is -0.116. The summed E-state index contributed by atoms with van der Waals surface area (Å²) in [5.41, 5.74) is 1.38. The van der Waals surface area contributed by atoms with E-state index in [1.54, 1.807) is 42.5 Å². The number of benzene rings is 3. The van der Waals surface area contributed by atoms with Gasteiger partial charge in [-0.15, -0.1) is 0 Å². The van der Waals surface area contributed by atoms with Crippen LogP contribution in [-0.4, -0.2) is 25.2 Å². The molecule has 5 nitrogen and oxygen atoms in total. The molecule has 3 aromatic rings. The predicted octanol–water partition coefficient (Wildman–Crippen LogP) is 5.04. The molecule has 0 spiro atoms. The molecule has 0 bridgehead atoms. The molecule has 150 valence electrons. The molecule has 0 radical (unpaired) electrons. The van der Waals surface area contributed by atoms with Gasteiger partial charge < -0.3 is 5.32 Å². The number of nitrogens with one attached hydrogen (secondary N) is 1. The van der Waals surface area contributed by atoms with E-state index in [0.717, 1.165) is 14.5 Å². The maximum Gasteiger partial charge on any atom is 0.243 e. The van der Waals surface area contributed by atoms with Crippen LogP contribution in [0.15, 0.2) is 92.7 Å². The maximum absolute atomic E-state index is 13.2. The second-order valence-corrected chi connectivity index (χ2v) is 10.0. The fraction of sp³-hybridized carbons (Fsp3) is 0.0952. The molecule has 1 N–H and O–H groups in total. The SMILES string of the molecule is O=C(CN(Cc1ccc(Br)cc1)S(=O)(=O)c1ccccc1)Nc1ccc(Br)cc1. The van der Waals surface area contributed by atoms with Crippen LogP contribution in [0.3, 0.4) is 0 Å². The Morgan fingerprint density at radius 2 is 1.38 bits per heavy atom. The molecule has 0 saturated heterocycles. The van der Waals surface area contributed by atoms with Crippen LogP contribution in [0.2, 0.25) is 0 Å². The average Bonchev–Trinajstić information content (AvgIpc) is 2.71. The molecule has 0 aliphatic carbocycles. The van der Waals surface area contributed by atoms with Gasteiger partial charge >= 0.3 is 0 Å². The van der Waals surface area contributed by atoms with Crippen molar-refractivity contribution in [2.75, 3.05) is 11.9 Å². The standard InChI is InChI=1S/C21H18Br2N2O3S/c22-17-8-6-16(7-9-17)14-25(29(27,28)20-4-2-1-3-5-20)15-21(26)24-19-12-10-18(23)11-13-19/h1-13H,14-15H2,(H,24,26). The molecule has 0 unspecified atom stereocenters. The third-order valence-electron chi connectivity index (χ3n) is 4.10. The van der Waals surface area contributed by atoms with Crippen LogP contribution in [0.4, 0.5) is 5.69 Å². The van der Waals surface area contributed by atoms with Crippen molar-refractivity contribution in [1.82, 2.24) is 4.31 Å². The Kier molecular flexibility index (Phi) is 7.23. The van der Waals surface area contributed by atoms with Gasteiger partial charge in [0.15, 0.2) is 0 Å². The van der Waals surface area contributed by atoms with Crippen molar-refractivity contribution in [3.63, 3.8) is 0 Å². The quantitative estimate of drug-likeness (QED) is 0.459. The number of halogens is 2. The first-order chi connectivity index (χ1) is 13.8. The van der Waals surface area contributed by atoms with E-state index in [1.807, 2.05) is 24.3 Å². The minimum Gasteiger partial charge on any atom is -0.325 e. The number of rotatable bonds is 7. The number of anilines is 1. The summed E-state index contributed by atoms with van der Waals surface area (Å²) in [5.74, 6) is -0.413. The molecule has 0 aliphatic rings. The Morgan fingerprint density at radius 1 is 0.828 bits per heavy atom. The summed E-state index contributed by atoms with van der Waals surface area (Å²) in [6, 6.07) is 22.5. The largest absolute Gasteiger partial charge is 0.325 e. The molecule has 1 amide bonds. The molecule has 0 fully saturated rings. The van der Waals surface area contributed by atoms with Crippen molar-refractivity contribution >= 4 is 53.5 Å². The number of hydrogen-bond acceptors (Lipinski definition) is 3. The zero-order valence-electron chi connectivity index (χ0n) is 15.3. The number of nitrogens with zero attached hydrogens (tertiary/aromatic N) is 1. The lowest BCUT2D eigenvalue weighted by atomic mass is 10.2. The van der Waals surface area contributed by atoms with Gasteiger partial charge in [-0.05, 0) is 54.1 Å². The second-order valence-electron chi connectivity index (χ2n) is 6.27. The van der Waals surface area contributed by atoms with Gasteiger partial charge in [0.05, 0.1) is 11.4 Å². The third kappa shape index (κ3) is 5.99. The van der Waals surface area contributed by atoms with Crippen molar-refractivity contribution in [1.29, 1.82) is 0 Å². The molecular formula is C21H18Br2N2O3S. The summed E-state index contributed by atoms with van der Waals surface area (Å²) in [7, 11) is -3.85. The van der Waals surface area contributed by atoms with Crippen LogP contribution in [0.5, 0.6) is 0 Å². The van der Waals surface area contributed by atoms with Gasteiger partial charge in [0.1, 0.15) is 0 Å². The Hall–Kier alpha value is -2.00. The highest BCUT2D eigenvalue weighted by Gasteiger charge is 2.26. The first-order valence-electron chi connectivity index (χ1n) is 8.70. The number of amides is 1. The van der Waals surface area contributed by atoms with Crippen molar-refractivity contribution in [2.45, 2.75) is 11.4 Å². The van der Waals surface area contributed by atoms with E-state index in [-0.39, 0.29) is 18.0 Å². The number of carbonyl (C=O) groups excluding carboxylic acids is 1. The molecule has 8 heteroatoms. The van der Waals surface area contributed by atoms with Crippen LogP contribution in [0, 0.1) is 0 Å². The van der Waals surface area contributed by atoms with Gasteiger partial charge in [-0.25, -0.2) is 8.42 Å². The molecule has 3 aromatic carbocycles. The monoisotopic (exact) mass is 536 g/mol. The van der Waals surface area contributed by atoms with Gasteiger partial charge in [-0.3, -0.25) is 4.79 Å². The van der Waals surface area contributed by atoms with Crippen molar-refractivity contribution in [3.8, 4) is 0 Å². The van der Waals surface area contributed by atoms with E-state index in [4.69, 9.17) is 0 Å². The van der Waals surface area contributed by atoms with E-state index in [1.165, 1.54) is 16.4 Å². The van der Waals surface area contributed by atoms with E-state index in [9.17, 15) is 13.2 Å². The van der Waals surface area contributed by atoms with Crippen LogP contribution < -0.4 is 5.32 Å². The van der Waals surface area contributed by atoms with Gasteiger partial charge in [-0.2, -0.15) is 4.31 Å². The molecule has 0 saturated carbocycles. The fourth-order valence-electron chi connectivity index (χ4n) is 2.65. The molecule has 29 heavy (non-hydrogen) atoms. The summed E-state index contributed by atoms with van der Waals surface area (Å²) in [4.78, 5) is 12.7. The van der Waals surface area contributed by atoms with Gasteiger partial charge in [0.2, 0.25) is 15.9 Å². The highest BCUT2D eigenvalue weighted by molar-refractivity contribution is 9.10. The summed E-state index contributed by atoms with van der Waals surface area (Å²) in [5, 5.41) is 2.74. The average molecular weight is 538 g/mol. The lowest BCUT2D eigenvalue weighted by Gasteiger charge is -2.22. The van der Waals surface area contributed by atoms with Crippen LogP contribution in [0.1, 0.15) is 5.56 Å². The zero-order chi connectivity index (χ0) is 20.9. The molecule has 0 atom stereocenters. The maximum atomic E-state index is 13.2. The van der Waals surface area contributed by atoms with Crippen molar-refractivity contribution in [3.05, 3.63) is 93.4 Å². The highest BCUT2D eigenvalue weighted by atomic mass is 79.9. The van der Waals surface area contributed by atoms with E-state index < -0.39 is 15.9 Å². The minimum absolute atomic E-state index is 0.0816. The molecule has 0 heterocycles. The van der Waals surface area contributed by atoms with Crippen LogP contribution in [-0.2, 0) is 21.4 Å². The number of sulfonamides is 1. The first-order valence-corrected chi connectivity index (χ1v) is 11.7. The Bertz CT molecular complexity index is 1070. The van der Waals surface area contributed by atoms with E-state index in [0.29, 0.717) is 5.69 Å². The normalized spacial score (nSPS) is 11.4. The number of hydrogen-bond donors (Lipinski definition) is 1. The topological polar surface area (TPSA) is 66.5 Å². The Labute approximate surface area is 187 Å². The van der Waals surface area contributed by atoms with E-state index in [2.05, 4.69) is 37.2 Å². The molecular weight excluding hydrogens is 520 g/mol. The van der Waals surface area contributed by atoms with Crippen molar-refractivity contribution in [2.24, 2.45) is 0 Å². The van der Waals surface area contributed by atoms with Gasteiger partial charge in [0.25, 0.3) is 0 Å². The van der Waals surface area contributed by atoms with Gasteiger partial charge in [0, 0.05) is 21.2 Å². The summed E-state index contributed by atoms with van der Waals surface area (Å²) < 4.78 is 29.3. The smallest absolute Gasteiger partial charge is 0.243 e. The third-order valence-corrected chi connectivity index (χ3v) is 6.96. The number of carbonyl (C=O) groups is 1. The Balaban J connectivity index is 1.84. The first kappa shape index (κ1) is 21.7. The van der Waals surface area contributed by atoms with Crippen LogP contribution in [0.25, 0.3) is 0 Å². The van der Waals surface area contributed by atoms with Gasteiger partial charge in [-0.1, -0.05) is 62.2 Å². The lowest BCUT2D eigenvalue weighted by Crippen LogP contribution is -2.37. The fourth-order valence-corrected chi connectivity index (χ4v) is 4.59. The summed E-state index contributed by atoms with van der Waals surface area (Å²) in [6.45, 7) is -0.221. The predicted molar refractivity (Wildman–Crippen MR) is 121 cm³/mol. The molecule has 0 aromatic heterocycles. The minimum atomic E-state index is -3.85. The summed E-state index contributed by atoms with van der Waals surface area (Å²) in [6.07, 6.45) is 0. The highest BCUT2D eigenvalue weighted by Crippen LogP contribution is 2.20. The molecule has 3 rings (SSSR count). The van der Waals surface area contributed by atoms with Crippen molar-refractivity contribution < 1.29 is 13.2 Å². The summed E-state index contributed by atoms with van der Waals surface area (Å²) >= 11 is 6.71.